The Balaban J connectivity index is 1.38. The standard InChI is InChI=1S/C25H32N6OS/c26-15-17-13-20(21(14-19(17)27)32-12-6-11-31-9-4-1-5-10-31)30-24-23-18-7-2-3-8-22(18)33-25(23)29-16-28-24/h13-16,26H,1-12,27H2,(H,28,29,30). The summed E-state index contributed by atoms with van der Waals surface area (Å²) in [6, 6.07) is 3.71. The van der Waals surface area contributed by atoms with Crippen LogP contribution < -0.4 is 15.8 Å². The number of likely N-dealkylation sites (tertiary alicyclic amines) is 1. The number of ether oxygens (including phenoxy) is 1. The molecule has 0 unspecified atom stereocenters. The van der Waals surface area contributed by atoms with Crippen LogP contribution in [0.5, 0.6) is 5.75 Å². The minimum atomic E-state index is 0.544. The Hall–Kier alpha value is -2.71. The average molecular weight is 465 g/mol. The van der Waals surface area contributed by atoms with E-state index in [-0.39, 0.29) is 0 Å². The van der Waals surface area contributed by atoms with E-state index in [1.165, 1.54) is 61.8 Å². The Morgan fingerprint density at radius 3 is 2.82 bits per heavy atom. The lowest BCUT2D eigenvalue weighted by atomic mass is 9.97. The summed E-state index contributed by atoms with van der Waals surface area (Å²) in [6.45, 7) is 4.08. The number of anilines is 3. The number of fused-ring (bicyclic) bond motifs is 3. The van der Waals surface area contributed by atoms with E-state index in [9.17, 15) is 0 Å². The number of nitrogens with zero attached hydrogens (tertiary/aromatic N) is 3. The molecule has 0 radical (unpaired) electrons. The fourth-order valence-electron chi connectivity index (χ4n) is 4.92. The van der Waals surface area contributed by atoms with Crippen LogP contribution in [0.1, 0.15) is 54.5 Å². The van der Waals surface area contributed by atoms with Crippen LogP contribution in [-0.2, 0) is 12.8 Å². The van der Waals surface area contributed by atoms with Crippen molar-refractivity contribution in [3.05, 3.63) is 34.5 Å². The highest BCUT2D eigenvalue weighted by Gasteiger charge is 2.21. The van der Waals surface area contributed by atoms with Crippen LogP contribution in [-0.4, -0.2) is 47.3 Å². The number of aryl methyl sites for hydroxylation is 2. The van der Waals surface area contributed by atoms with E-state index < -0.39 is 0 Å². The van der Waals surface area contributed by atoms with Gasteiger partial charge in [-0.25, -0.2) is 9.97 Å². The summed E-state index contributed by atoms with van der Waals surface area (Å²) in [5.41, 5.74) is 9.57. The van der Waals surface area contributed by atoms with Gasteiger partial charge >= 0.3 is 0 Å². The van der Waals surface area contributed by atoms with Crippen molar-refractivity contribution in [3.63, 3.8) is 0 Å². The maximum atomic E-state index is 7.74. The first-order chi connectivity index (χ1) is 16.2. The fourth-order valence-corrected chi connectivity index (χ4v) is 6.15. The van der Waals surface area contributed by atoms with Gasteiger partial charge in [-0.3, -0.25) is 0 Å². The van der Waals surface area contributed by atoms with Crippen molar-refractivity contribution in [3.8, 4) is 5.75 Å². The molecule has 0 atom stereocenters. The monoisotopic (exact) mass is 464 g/mol. The topological polar surface area (TPSA) is 100 Å². The maximum Gasteiger partial charge on any atom is 0.144 e. The molecule has 0 spiro atoms. The maximum absolute atomic E-state index is 7.74. The molecule has 1 aliphatic carbocycles. The number of rotatable bonds is 8. The first kappa shape index (κ1) is 22.1. The average Bonchev–Trinajstić information content (AvgIpc) is 3.23. The molecule has 1 saturated heterocycles. The van der Waals surface area contributed by atoms with E-state index in [2.05, 4.69) is 20.2 Å². The minimum Gasteiger partial charge on any atom is -0.491 e. The highest BCUT2D eigenvalue weighted by Crippen LogP contribution is 2.40. The van der Waals surface area contributed by atoms with Gasteiger partial charge in [0.1, 0.15) is 22.7 Å². The molecule has 0 amide bonds. The van der Waals surface area contributed by atoms with E-state index >= 15 is 0 Å². The first-order valence-corrected chi connectivity index (χ1v) is 12.9. The van der Waals surface area contributed by atoms with Crippen LogP contribution >= 0.6 is 11.3 Å². The Morgan fingerprint density at radius 1 is 1.12 bits per heavy atom. The Labute approximate surface area is 198 Å². The second-order valence-corrected chi connectivity index (χ2v) is 10.0. The number of nitrogens with two attached hydrogens (primary N) is 1. The van der Waals surface area contributed by atoms with Crippen molar-refractivity contribution in [2.24, 2.45) is 0 Å². The van der Waals surface area contributed by atoms with E-state index in [1.807, 2.05) is 12.1 Å². The van der Waals surface area contributed by atoms with Gasteiger partial charge in [-0.1, -0.05) is 6.42 Å². The van der Waals surface area contributed by atoms with Crippen LogP contribution in [0.3, 0.4) is 0 Å². The number of piperidine rings is 1. The lowest BCUT2D eigenvalue weighted by molar-refractivity contribution is 0.205. The quantitative estimate of drug-likeness (QED) is 0.242. The summed E-state index contributed by atoms with van der Waals surface area (Å²) < 4.78 is 6.20. The fraction of sp³-hybridized carbons (Fsp3) is 0.480. The molecule has 33 heavy (non-hydrogen) atoms. The number of nitrogen functional groups attached to an aromatic ring is 1. The zero-order chi connectivity index (χ0) is 22.6. The Kier molecular flexibility index (Phi) is 6.73. The SMILES string of the molecule is N=Cc1cc(Nc2ncnc3sc4c(c23)CCCC4)c(OCCCN2CCCCC2)cc1N. The van der Waals surface area contributed by atoms with Crippen LogP contribution in [0, 0.1) is 5.41 Å². The van der Waals surface area contributed by atoms with Gasteiger partial charge in [0.05, 0.1) is 17.7 Å². The van der Waals surface area contributed by atoms with Gasteiger partial charge in [0, 0.05) is 35.0 Å². The van der Waals surface area contributed by atoms with Crippen LogP contribution in [0.4, 0.5) is 17.2 Å². The van der Waals surface area contributed by atoms with Gasteiger partial charge in [0.2, 0.25) is 0 Å². The third-order valence-corrected chi connectivity index (χ3v) is 7.87. The summed E-state index contributed by atoms with van der Waals surface area (Å²) in [5.74, 6) is 1.51. The highest BCUT2D eigenvalue weighted by atomic mass is 32.1. The number of hydrogen-bond acceptors (Lipinski definition) is 8. The minimum absolute atomic E-state index is 0.544. The molecule has 3 aromatic rings. The molecule has 7 nitrogen and oxygen atoms in total. The number of nitrogens with one attached hydrogen (secondary N) is 2. The van der Waals surface area contributed by atoms with Crippen molar-refractivity contribution in [2.75, 3.05) is 37.3 Å². The highest BCUT2D eigenvalue weighted by molar-refractivity contribution is 7.19. The molecule has 8 heteroatoms. The third-order valence-electron chi connectivity index (χ3n) is 6.67. The molecule has 0 bridgehead atoms. The second-order valence-electron chi connectivity index (χ2n) is 8.96. The van der Waals surface area contributed by atoms with Crippen molar-refractivity contribution < 1.29 is 4.74 Å². The Morgan fingerprint density at radius 2 is 1.97 bits per heavy atom. The van der Waals surface area contributed by atoms with Gasteiger partial charge in [-0.15, -0.1) is 11.3 Å². The lowest BCUT2D eigenvalue weighted by Crippen LogP contribution is -2.31. The zero-order valence-corrected chi connectivity index (χ0v) is 19.8. The van der Waals surface area contributed by atoms with Crippen molar-refractivity contribution in [1.82, 2.24) is 14.9 Å². The van der Waals surface area contributed by atoms with Crippen LogP contribution in [0.15, 0.2) is 18.5 Å². The van der Waals surface area contributed by atoms with Gasteiger partial charge in [-0.2, -0.15) is 0 Å². The number of thiophene rings is 1. The molecule has 5 rings (SSSR count). The summed E-state index contributed by atoms with van der Waals surface area (Å²) >= 11 is 1.79. The molecule has 1 aliphatic heterocycles. The predicted octanol–water partition coefficient (Wildman–Crippen LogP) is 5.15. The van der Waals surface area contributed by atoms with Gasteiger partial charge < -0.3 is 26.1 Å². The first-order valence-electron chi connectivity index (χ1n) is 12.0. The Bertz CT molecular complexity index is 1140. The number of aromatic nitrogens is 2. The van der Waals surface area contributed by atoms with Crippen molar-refractivity contribution >= 4 is 45.0 Å². The molecule has 4 N–H and O–H groups in total. The molecular formula is C25H32N6OS. The molecule has 174 valence electrons. The van der Waals surface area contributed by atoms with Crippen molar-refractivity contribution in [2.45, 2.75) is 51.4 Å². The van der Waals surface area contributed by atoms with Crippen LogP contribution in [0.2, 0.25) is 0 Å². The summed E-state index contributed by atoms with van der Waals surface area (Å²) in [5, 5.41) is 12.4. The molecule has 1 fully saturated rings. The number of hydrogen-bond donors (Lipinski definition) is 3. The van der Waals surface area contributed by atoms with Gasteiger partial charge in [0.25, 0.3) is 0 Å². The second kappa shape index (κ2) is 10.1. The largest absolute Gasteiger partial charge is 0.491 e. The molecule has 2 aliphatic rings. The third kappa shape index (κ3) is 4.82. The van der Waals surface area contributed by atoms with Gasteiger partial charge in [-0.05, 0) is 69.7 Å². The van der Waals surface area contributed by atoms with Crippen molar-refractivity contribution in [1.29, 1.82) is 5.41 Å². The summed E-state index contributed by atoms with van der Waals surface area (Å²) in [7, 11) is 0. The smallest absolute Gasteiger partial charge is 0.144 e. The van der Waals surface area contributed by atoms with E-state index in [4.69, 9.17) is 15.9 Å². The lowest BCUT2D eigenvalue weighted by Gasteiger charge is -2.26. The summed E-state index contributed by atoms with van der Waals surface area (Å²) in [4.78, 5) is 14.1. The summed E-state index contributed by atoms with van der Waals surface area (Å²) in [6.07, 6.45) is 12.5. The molecular weight excluding hydrogens is 432 g/mol. The van der Waals surface area contributed by atoms with E-state index in [0.717, 1.165) is 47.5 Å². The van der Waals surface area contributed by atoms with Crippen LogP contribution in [0.25, 0.3) is 10.2 Å². The molecule has 3 heterocycles. The molecule has 0 saturated carbocycles. The normalized spacial score (nSPS) is 16.5. The predicted molar refractivity (Wildman–Crippen MR) is 136 cm³/mol. The zero-order valence-electron chi connectivity index (χ0n) is 19.0. The molecule has 2 aromatic heterocycles. The number of benzene rings is 1. The van der Waals surface area contributed by atoms with E-state index in [1.54, 1.807) is 17.7 Å². The van der Waals surface area contributed by atoms with E-state index in [0.29, 0.717) is 23.6 Å². The molecule has 1 aromatic carbocycles. The van der Waals surface area contributed by atoms with Gasteiger partial charge in [0.15, 0.2) is 0 Å².